The molecule has 1 N–H and O–H groups in total. The van der Waals surface area contributed by atoms with Crippen molar-refractivity contribution in [3.8, 4) is 0 Å². The molecule has 0 aromatic rings. The molecule has 4 nitrogen and oxygen atoms in total. The topological polar surface area (TPSA) is 49.4 Å². The summed E-state index contributed by atoms with van der Waals surface area (Å²) < 4.78 is 23.1. The number of nitrogens with zero attached hydrogens (tertiary/aromatic N) is 1. The van der Waals surface area contributed by atoms with Gasteiger partial charge in [-0.05, 0) is 12.8 Å². The van der Waals surface area contributed by atoms with Crippen LogP contribution in [-0.2, 0) is 9.84 Å². The molecule has 0 radical (unpaired) electrons. The van der Waals surface area contributed by atoms with Gasteiger partial charge in [-0.3, -0.25) is 4.90 Å². The molecule has 106 valence electrons. The molecule has 1 heterocycles. The quantitative estimate of drug-likeness (QED) is 0.832. The molecule has 0 aromatic carbocycles. The van der Waals surface area contributed by atoms with E-state index in [1.165, 1.54) is 32.1 Å². The molecule has 1 saturated carbocycles. The van der Waals surface area contributed by atoms with Crippen LogP contribution in [0.1, 0.15) is 39.0 Å². The van der Waals surface area contributed by atoms with Crippen molar-refractivity contribution in [1.82, 2.24) is 10.2 Å². The van der Waals surface area contributed by atoms with Gasteiger partial charge in [0.2, 0.25) is 0 Å². The molecule has 1 aliphatic carbocycles. The fraction of sp³-hybridized carbons (Fsp3) is 1.00. The minimum Gasteiger partial charge on any atom is -0.309 e. The van der Waals surface area contributed by atoms with E-state index in [1.807, 2.05) is 0 Å². The maximum Gasteiger partial charge on any atom is 0.151 e. The van der Waals surface area contributed by atoms with E-state index in [2.05, 4.69) is 10.2 Å². The van der Waals surface area contributed by atoms with Crippen molar-refractivity contribution >= 4 is 9.84 Å². The van der Waals surface area contributed by atoms with Gasteiger partial charge in [-0.2, -0.15) is 0 Å². The zero-order chi connectivity index (χ0) is 13.1. The first kappa shape index (κ1) is 14.3. The van der Waals surface area contributed by atoms with E-state index in [9.17, 15) is 8.42 Å². The molecule has 0 bridgehead atoms. The van der Waals surface area contributed by atoms with Crippen molar-refractivity contribution in [3.63, 3.8) is 0 Å². The lowest BCUT2D eigenvalue weighted by Gasteiger charge is -2.46. The summed E-state index contributed by atoms with van der Waals surface area (Å²) in [6.45, 7) is 5.47. The molecule has 1 saturated heterocycles. The Bertz CT molecular complexity index is 356. The fourth-order valence-corrected chi connectivity index (χ4v) is 4.03. The zero-order valence-electron chi connectivity index (χ0n) is 11.5. The Balaban J connectivity index is 1.87. The van der Waals surface area contributed by atoms with Gasteiger partial charge in [0.05, 0.1) is 5.75 Å². The third kappa shape index (κ3) is 3.68. The van der Waals surface area contributed by atoms with E-state index in [4.69, 9.17) is 0 Å². The van der Waals surface area contributed by atoms with E-state index in [0.29, 0.717) is 12.3 Å². The van der Waals surface area contributed by atoms with Gasteiger partial charge in [-0.15, -0.1) is 0 Å². The summed E-state index contributed by atoms with van der Waals surface area (Å²) in [5.74, 6) is 0.587. The standard InChI is InChI=1S/C13H26N2O2S/c1-2-18(16,17)11-10-15-9-8-14-13(12-15)6-4-3-5-7-13/h14H,2-12H2,1H3. The lowest BCUT2D eigenvalue weighted by atomic mass is 9.80. The first-order valence-electron chi connectivity index (χ1n) is 7.23. The highest BCUT2D eigenvalue weighted by atomic mass is 32.2. The number of hydrogen-bond acceptors (Lipinski definition) is 4. The van der Waals surface area contributed by atoms with Crippen molar-refractivity contribution in [2.24, 2.45) is 0 Å². The van der Waals surface area contributed by atoms with Crippen LogP contribution in [0.25, 0.3) is 0 Å². The average Bonchev–Trinajstić information content (AvgIpc) is 2.38. The Kier molecular flexibility index (Phi) is 4.67. The van der Waals surface area contributed by atoms with Crippen molar-refractivity contribution in [2.75, 3.05) is 37.7 Å². The van der Waals surface area contributed by atoms with Gasteiger partial charge in [0, 0.05) is 37.5 Å². The van der Waals surface area contributed by atoms with Crippen molar-refractivity contribution in [3.05, 3.63) is 0 Å². The SMILES string of the molecule is CCS(=O)(=O)CCN1CCNC2(CCCCC2)C1. The van der Waals surface area contributed by atoms with E-state index in [1.54, 1.807) is 6.92 Å². The normalized spacial score (nSPS) is 25.4. The zero-order valence-corrected chi connectivity index (χ0v) is 12.3. The van der Waals surface area contributed by atoms with E-state index >= 15 is 0 Å². The molecular formula is C13H26N2O2S. The van der Waals surface area contributed by atoms with Crippen LogP contribution >= 0.6 is 0 Å². The molecule has 1 spiro atoms. The van der Waals surface area contributed by atoms with Gasteiger partial charge in [-0.25, -0.2) is 8.42 Å². The summed E-state index contributed by atoms with van der Waals surface area (Å²) in [4.78, 5) is 2.34. The Morgan fingerprint density at radius 3 is 2.61 bits per heavy atom. The second-order valence-corrected chi connectivity index (χ2v) is 8.25. The third-order valence-electron chi connectivity index (χ3n) is 4.42. The number of sulfone groups is 1. The number of hydrogen-bond donors (Lipinski definition) is 1. The predicted molar refractivity (Wildman–Crippen MR) is 74.6 cm³/mol. The summed E-state index contributed by atoms with van der Waals surface area (Å²) in [7, 11) is -2.82. The highest BCUT2D eigenvalue weighted by Crippen LogP contribution is 2.30. The molecule has 0 amide bonds. The Hall–Kier alpha value is -0.130. The average molecular weight is 274 g/mol. The highest BCUT2D eigenvalue weighted by Gasteiger charge is 2.36. The molecule has 18 heavy (non-hydrogen) atoms. The maximum absolute atomic E-state index is 11.6. The van der Waals surface area contributed by atoms with Crippen LogP contribution in [-0.4, -0.2) is 56.5 Å². The van der Waals surface area contributed by atoms with Gasteiger partial charge in [-0.1, -0.05) is 26.2 Å². The summed E-state index contributed by atoms with van der Waals surface area (Å²) in [6, 6.07) is 0. The molecule has 5 heteroatoms. The van der Waals surface area contributed by atoms with Crippen LogP contribution in [0.2, 0.25) is 0 Å². The minimum atomic E-state index is -2.82. The first-order chi connectivity index (χ1) is 8.55. The minimum absolute atomic E-state index is 0.268. The van der Waals surface area contributed by atoms with Gasteiger partial charge in [0.15, 0.2) is 9.84 Å². The van der Waals surface area contributed by atoms with E-state index < -0.39 is 9.84 Å². The maximum atomic E-state index is 11.6. The summed E-state index contributed by atoms with van der Waals surface area (Å²) >= 11 is 0. The lowest BCUT2D eigenvalue weighted by Crippen LogP contribution is -2.61. The molecule has 0 aromatic heterocycles. The van der Waals surface area contributed by atoms with Gasteiger partial charge < -0.3 is 5.32 Å². The second kappa shape index (κ2) is 5.88. The van der Waals surface area contributed by atoms with Crippen LogP contribution in [0.4, 0.5) is 0 Å². The highest BCUT2D eigenvalue weighted by molar-refractivity contribution is 7.91. The lowest BCUT2D eigenvalue weighted by molar-refractivity contribution is 0.104. The largest absolute Gasteiger partial charge is 0.309 e. The Morgan fingerprint density at radius 2 is 1.94 bits per heavy atom. The van der Waals surface area contributed by atoms with Crippen LogP contribution in [0.3, 0.4) is 0 Å². The smallest absolute Gasteiger partial charge is 0.151 e. The third-order valence-corrected chi connectivity index (χ3v) is 6.11. The Morgan fingerprint density at radius 1 is 1.22 bits per heavy atom. The first-order valence-corrected chi connectivity index (χ1v) is 9.05. The molecule has 2 fully saturated rings. The molecule has 0 unspecified atom stereocenters. The summed E-state index contributed by atoms with van der Waals surface area (Å²) in [6.07, 6.45) is 6.49. The molecule has 0 atom stereocenters. The van der Waals surface area contributed by atoms with Crippen molar-refractivity contribution in [1.29, 1.82) is 0 Å². The second-order valence-electron chi connectivity index (χ2n) is 5.78. The van der Waals surface area contributed by atoms with Crippen molar-refractivity contribution in [2.45, 2.75) is 44.6 Å². The summed E-state index contributed by atoms with van der Waals surface area (Å²) in [5.41, 5.74) is 0.284. The van der Waals surface area contributed by atoms with Crippen LogP contribution in [0, 0.1) is 0 Å². The molecular weight excluding hydrogens is 248 g/mol. The number of piperazine rings is 1. The van der Waals surface area contributed by atoms with Crippen LogP contribution < -0.4 is 5.32 Å². The van der Waals surface area contributed by atoms with Gasteiger partial charge in [0.1, 0.15) is 0 Å². The fourth-order valence-electron chi connectivity index (χ4n) is 3.21. The monoisotopic (exact) mass is 274 g/mol. The Labute approximate surface area is 111 Å². The van der Waals surface area contributed by atoms with E-state index in [-0.39, 0.29) is 11.3 Å². The van der Waals surface area contributed by atoms with Gasteiger partial charge in [0.25, 0.3) is 0 Å². The molecule has 1 aliphatic heterocycles. The van der Waals surface area contributed by atoms with Crippen molar-refractivity contribution < 1.29 is 8.42 Å². The van der Waals surface area contributed by atoms with Crippen LogP contribution in [0.15, 0.2) is 0 Å². The number of nitrogens with one attached hydrogen (secondary N) is 1. The van der Waals surface area contributed by atoms with E-state index in [0.717, 1.165) is 19.6 Å². The summed E-state index contributed by atoms with van der Waals surface area (Å²) in [5, 5.41) is 3.68. The van der Waals surface area contributed by atoms with Gasteiger partial charge >= 0.3 is 0 Å². The van der Waals surface area contributed by atoms with Crippen LogP contribution in [0.5, 0.6) is 0 Å². The molecule has 2 aliphatic rings. The molecule has 2 rings (SSSR count). The predicted octanol–water partition coefficient (Wildman–Crippen LogP) is 1.03. The number of rotatable bonds is 4.